The first-order valence-electron chi connectivity index (χ1n) is 6.01. The Labute approximate surface area is 128 Å². The van der Waals surface area contributed by atoms with Crippen molar-refractivity contribution in [1.29, 1.82) is 0 Å². The van der Waals surface area contributed by atoms with Gasteiger partial charge < -0.3 is 0 Å². The Morgan fingerprint density at radius 2 is 2.15 bits per heavy atom. The molecule has 0 amide bonds. The Morgan fingerprint density at radius 1 is 1.40 bits per heavy atom. The minimum atomic E-state index is -3.70. The van der Waals surface area contributed by atoms with Gasteiger partial charge in [0.15, 0.2) is 0 Å². The van der Waals surface area contributed by atoms with Crippen molar-refractivity contribution in [2.75, 3.05) is 6.61 Å². The Bertz CT molecular complexity index is 651. The maximum absolute atomic E-state index is 12.2. The van der Waals surface area contributed by atoms with E-state index in [1.807, 2.05) is 0 Å². The van der Waals surface area contributed by atoms with Gasteiger partial charge in [-0.15, -0.1) is 0 Å². The van der Waals surface area contributed by atoms with Crippen molar-refractivity contribution < 1.29 is 12.6 Å². The molecule has 1 unspecified atom stereocenters. The summed E-state index contributed by atoms with van der Waals surface area (Å²) in [5, 5.41) is 0.0573. The SMILES string of the molecule is CCOS(=O)(=O)C1CC=C(Cl)C=C1c1ccc(Cl)nc1. The molecule has 0 radical (unpaired) electrons. The van der Waals surface area contributed by atoms with Gasteiger partial charge in [-0.1, -0.05) is 35.3 Å². The van der Waals surface area contributed by atoms with Gasteiger partial charge in [0, 0.05) is 11.2 Å². The summed E-state index contributed by atoms with van der Waals surface area (Å²) in [7, 11) is -3.70. The minimum Gasteiger partial charge on any atom is -0.270 e. The maximum Gasteiger partial charge on any atom is 0.274 e. The predicted molar refractivity (Wildman–Crippen MR) is 80.1 cm³/mol. The molecular weight excluding hydrogens is 321 g/mol. The summed E-state index contributed by atoms with van der Waals surface area (Å²) < 4.78 is 29.2. The standard InChI is InChI=1S/C13H13Cl2NO3S/c1-2-19-20(17,18)12-5-4-10(14)7-11(12)9-3-6-13(15)16-8-9/h3-4,6-8,12H,2,5H2,1H3. The monoisotopic (exact) mass is 333 g/mol. The lowest BCUT2D eigenvalue weighted by Crippen LogP contribution is -2.26. The fourth-order valence-corrected chi connectivity index (χ4v) is 3.64. The molecule has 7 heteroatoms. The fourth-order valence-electron chi connectivity index (χ4n) is 1.98. The zero-order chi connectivity index (χ0) is 14.8. The molecule has 0 spiro atoms. The molecule has 1 aromatic heterocycles. The van der Waals surface area contributed by atoms with Gasteiger partial charge >= 0.3 is 0 Å². The van der Waals surface area contributed by atoms with Crippen LogP contribution in [0.1, 0.15) is 18.9 Å². The molecule has 2 rings (SSSR count). The van der Waals surface area contributed by atoms with Crippen molar-refractivity contribution in [3.63, 3.8) is 0 Å². The topological polar surface area (TPSA) is 56.3 Å². The zero-order valence-corrected chi connectivity index (χ0v) is 13.0. The molecule has 20 heavy (non-hydrogen) atoms. The molecule has 0 saturated heterocycles. The highest BCUT2D eigenvalue weighted by Crippen LogP contribution is 2.33. The second kappa shape index (κ2) is 6.26. The highest BCUT2D eigenvalue weighted by Gasteiger charge is 2.32. The number of hydrogen-bond acceptors (Lipinski definition) is 4. The molecule has 1 heterocycles. The molecule has 4 nitrogen and oxygen atoms in total. The number of hydrogen-bond donors (Lipinski definition) is 0. The molecule has 1 atom stereocenters. The molecule has 108 valence electrons. The van der Waals surface area contributed by atoms with Crippen molar-refractivity contribution in [1.82, 2.24) is 4.98 Å². The number of nitrogens with zero attached hydrogens (tertiary/aromatic N) is 1. The molecule has 1 aliphatic carbocycles. The van der Waals surface area contributed by atoms with E-state index < -0.39 is 15.4 Å². The quantitative estimate of drug-likeness (QED) is 0.626. The predicted octanol–water partition coefficient (Wildman–Crippen LogP) is 3.38. The summed E-state index contributed by atoms with van der Waals surface area (Å²) in [5.74, 6) is 0. The van der Waals surface area contributed by atoms with Crippen LogP contribution in [0.25, 0.3) is 5.57 Å². The largest absolute Gasteiger partial charge is 0.274 e. The van der Waals surface area contributed by atoms with Gasteiger partial charge in [-0.05, 0) is 36.6 Å². The molecule has 0 fully saturated rings. The van der Waals surface area contributed by atoms with Crippen LogP contribution < -0.4 is 0 Å². The lowest BCUT2D eigenvalue weighted by Gasteiger charge is -2.22. The Hall–Kier alpha value is -0.880. The summed E-state index contributed by atoms with van der Waals surface area (Å²) in [4.78, 5) is 3.97. The van der Waals surface area contributed by atoms with Gasteiger partial charge in [-0.2, -0.15) is 8.42 Å². The van der Waals surface area contributed by atoms with E-state index in [-0.39, 0.29) is 13.0 Å². The second-order valence-corrected chi connectivity index (χ2v) is 6.80. The van der Waals surface area contributed by atoms with Crippen LogP contribution in [0.3, 0.4) is 0 Å². The minimum absolute atomic E-state index is 0.0996. The molecule has 0 aromatic carbocycles. The smallest absolute Gasteiger partial charge is 0.270 e. The first kappa shape index (κ1) is 15.5. The molecule has 0 bridgehead atoms. The van der Waals surface area contributed by atoms with E-state index >= 15 is 0 Å². The highest BCUT2D eigenvalue weighted by molar-refractivity contribution is 7.87. The van der Waals surface area contributed by atoms with Crippen molar-refractivity contribution in [2.24, 2.45) is 0 Å². The number of allylic oxidation sites excluding steroid dienone is 3. The molecule has 0 saturated carbocycles. The lowest BCUT2D eigenvalue weighted by atomic mass is 9.98. The van der Waals surface area contributed by atoms with Crippen molar-refractivity contribution in [2.45, 2.75) is 18.6 Å². The van der Waals surface area contributed by atoms with Gasteiger partial charge in [0.25, 0.3) is 10.1 Å². The van der Waals surface area contributed by atoms with Crippen LogP contribution in [0.15, 0.2) is 35.5 Å². The van der Waals surface area contributed by atoms with Gasteiger partial charge in [0.2, 0.25) is 0 Å². The maximum atomic E-state index is 12.2. The van der Waals surface area contributed by atoms with E-state index in [0.717, 1.165) is 0 Å². The fraction of sp³-hybridized carbons (Fsp3) is 0.308. The van der Waals surface area contributed by atoms with Crippen LogP contribution >= 0.6 is 23.2 Å². The van der Waals surface area contributed by atoms with Crippen LogP contribution in [0.5, 0.6) is 0 Å². The summed E-state index contributed by atoms with van der Waals surface area (Å²) >= 11 is 11.7. The van der Waals surface area contributed by atoms with Crippen LogP contribution in [0.2, 0.25) is 5.15 Å². The summed E-state index contributed by atoms with van der Waals surface area (Å²) in [5.41, 5.74) is 1.23. The number of halogens is 2. The molecule has 0 aliphatic heterocycles. The van der Waals surface area contributed by atoms with Crippen LogP contribution in [-0.2, 0) is 14.3 Å². The van der Waals surface area contributed by atoms with Gasteiger partial charge in [0.1, 0.15) is 10.4 Å². The number of pyridine rings is 1. The average Bonchev–Trinajstić information content (AvgIpc) is 2.39. The van der Waals surface area contributed by atoms with Crippen molar-refractivity contribution in [3.8, 4) is 0 Å². The molecule has 1 aromatic rings. The third kappa shape index (κ3) is 3.41. The third-order valence-electron chi connectivity index (χ3n) is 2.86. The van der Waals surface area contributed by atoms with Gasteiger partial charge in [-0.25, -0.2) is 4.98 Å². The summed E-state index contributed by atoms with van der Waals surface area (Å²) in [6, 6.07) is 3.32. The Balaban J connectivity index is 2.44. The zero-order valence-electron chi connectivity index (χ0n) is 10.7. The van der Waals surface area contributed by atoms with E-state index in [4.69, 9.17) is 27.4 Å². The van der Waals surface area contributed by atoms with E-state index in [9.17, 15) is 8.42 Å². The first-order valence-corrected chi connectivity index (χ1v) is 8.24. The Morgan fingerprint density at radius 3 is 2.75 bits per heavy atom. The highest BCUT2D eigenvalue weighted by atomic mass is 35.5. The van der Waals surface area contributed by atoms with E-state index in [0.29, 0.717) is 21.3 Å². The molecular formula is C13H13Cl2NO3S. The van der Waals surface area contributed by atoms with E-state index in [1.54, 1.807) is 31.2 Å². The van der Waals surface area contributed by atoms with Crippen molar-refractivity contribution >= 4 is 38.9 Å². The van der Waals surface area contributed by atoms with Gasteiger partial charge in [0.05, 0.1) is 6.61 Å². The third-order valence-corrected chi connectivity index (χ3v) is 5.05. The lowest BCUT2D eigenvalue weighted by molar-refractivity contribution is 0.334. The molecule has 0 N–H and O–H groups in total. The van der Waals surface area contributed by atoms with Crippen molar-refractivity contribution in [3.05, 3.63) is 46.2 Å². The summed E-state index contributed by atoms with van der Waals surface area (Å²) in [6.07, 6.45) is 5.08. The molecule has 1 aliphatic rings. The second-order valence-electron chi connectivity index (χ2n) is 4.18. The number of aromatic nitrogens is 1. The van der Waals surface area contributed by atoms with E-state index in [2.05, 4.69) is 4.98 Å². The van der Waals surface area contributed by atoms with Crippen LogP contribution in [0.4, 0.5) is 0 Å². The van der Waals surface area contributed by atoms with Gasteiger partial charge in [-0.3, -0.25) is 4.18 Å². The normalized spacial score (nSPS) is 19.4. The van der Waals surface area contributed by atoms with E-state index in [1.165, 1.54) is 6.20 Å². The van der Waals surface area contributed by atoms with Crippen LogP contribution in [-0.4, -0.2) is 25.3 Å². The average molecular weight is 334 g/mol. The number of rotatable bonds is 4. The Kier molecular flexibility index (Phi) is 4.86. The van der Waals surface area contributed by atoms with Crippen LogP contribution in [0, 0.1) is 0 Å². The summed E-state index contributed by atoms with van der Waals surface area (Å²) in [6.45, 7) is 1.73. The first-order chi connectivity index (χ1) is 9.44.